The first kappa shape index (κ1) is 29.3. The largest absolute Gasteiger partial charge is 0.486 e. The Morgan fingerprint density at radius 2 is 1.75 bits per heavy atom. The lowest BCUT2D eigenvalue weighted by Gasteiger charge is -2.10. The Morgan fingerprint density at radius 3 is 2.48 bits per heavy atom. The molecule has 0 spiro atoms. The van der Waals surface area contributed by atoms with E-state index < -0.39 is 10.8 Å². The zero-order valence-corrected chi connectivity index (χ0v) is 23.9. The van der Waals surface area contributed by atoms with Crippen molar-refractivity contribution in [3.63, 3.8) is 0 Å². The quantitative estimate of drug-likeness (QED) is 0.107. The monoisotopic (exact) mass is 589 g/mol. The predicted molar refractivity (Wildman–Crippen MR) is 162 cm³/mol. The summed E-state index contributed by atoms with van der Waals surface area (Å²) in [5, 5.41) is 24.8. The molecule has 0 aliphatic rings. The second kappa shape index (κ2) is 13.2. The molecule has 0 saturated carbocycles. The molecule has 2 aromatic heterocycles. The van der Waals surface area contributed by atoms with Gasteiger partial charge in [0.2, 0.25) is 0 Å². The maximum Gasteiger partial charge on any atom is 0.311 e. The van der Waals surface area contributed by atoms with Crippen molar-refractivity contribution < 1.29 is 23.6 Å². The zero-order valence-electron chi connectivity index (χ0n) is 23.9. The Labute approximate surface area is 252 Å². The van der Waals surface area contributed by atoms with Gasteiger partial charge in [0.1, 0.15) is 24.7 Å². The van der Waals surface area contributed by atoms with Gasteiger partial charge in [-0.25, -0.2) is 5.43 Å². The minimum Gasteiger partial charge on any atom is -0.486 e. The number of nitrogens with one attached hydrogen (secondary N) is 1. The summed E-state index contributed by atoms with van der Waals surface area (Å²) in [4.78, 5) is 23.6. The van der Waals surface area contributed by atoms with Crippen molar-refractivity contribution in [1.82, 2.24) is 9.99 Å². The van der Waals surface area contributed by atoms with E-state index in [4.69, 9.17) is 13.9 Å². The van der Waals surface area contributed by atoms with E-state index in [-0.39, 0.29) is 30.4 Å². The molecule has 0 bridgehead atoms. The number of nitriles is 1. The number of nitro benzene ring substituents is 1. The van der Waals surface area contributed by atoms with E-state index in [1.54, 1.807) is 36.4 Å². The van der Waals surface area contributed by atoms with E-state index >= 15 is 0 Å². The Morgan fingerprint density at radius 1 is 1.00 bits per heavy atom. The van der Waals surface area contributed by atoms with Gasteiger partial charge in [0, 0.05) is 34.3 Å². The fourth-order valence-electron chi connectivity index (χ4n) is 4.51. The number of carbonyl (C=O) groups excluding carboxylic acids is 1. The number of amides is 1. The van der Waals surface area contributed by atoms with Gasteiger partial charge in [-0.2, -0.15) is 10.4 Å². The highest BCUT2D eigenvalue weighted by atomic mass is 16.6. The molecule has 0 atom stereocenters. The molecule has 0 aliphatic carbocycles. The van der Waals surface area contributed by atoms with Crippen LogP contribution in [0.25, 0.3) is 5.69 Å². The number of aromatic nitrogens is 1. The van der Waals surface area contributed by atoms with E-state index in [0.29, 0.717) is 28.2 Å². The van der Waals surface area contributed by atoms with Gasteiger partial charge in [-0.05, 0) is 80.6 Å². The first-order chi connectivity index (χ1) is 21.3. The van der Waals surface area contributed by atoms with Crippen molar-refractivity contribution in [1.29, 1.82) is 5.26 Å². The maximum absolute atomic E-state index is 12.5. The lowest BCUT2D eigenvalue weighted by molar-refractivity contribution is -0.385. The molecule has 44 heavy (non-hydrogen) atoms. The molecule has 3 aromatic carbocycles. The summed E-state index contributed by atoms with van der Waals surface area (Å²) in [5.74, 6) is 0.572. The van der Waals surface area contributed by atoms with Crippen molar-refractivity contribution in [2.75, 3.05) is 0 Å². The first-order valence-electron chi connectivity index (χ1n) is 13.5. The zero-order chi connectivity index (χ0) is 31.1. The van der Waals surface area contributed by atoms with E-state index in [9.17, 15) is 20.2 Å². The standard InChI is InChI=1S/C33H27N5O6/c1-22-7-8-23(2)37(22)27-10-12-28(13-11-27)42-21-29-14-16-32(44-29)33(39)36-35-19-24-9-15-31(30(17-24)38(40)41)43-20-26-6-4-3-5-25(26)18-34/h3-17,19H,20-21H2,1-2H3,(H,36,39)/b35-19+. The molecule has 1 amide bonds. The number of ether oxygens (including phenoxy) is 2. The van der Waals surface area contributed by atoms with Gasteiger partial charge in [-0.3, -0.25) is 14.9 Å². The van der Waals surface area contributed by atoms with Gasteiger partial charge < -0.3 is 18.5 Å². The molecule has 5 rings (SSSR count). The Kier molecular flexibility index (Phi) is 8.82. The number of hydrogen-bond donors (Lipinski definition) is 1. The van der Waals surface area contributed by atoms with Crippen LogP contribution in [-0.2, 0) is 13.2 Å². The molecule has 220 valence electrons. The summed E-state index contributed by atoms with van der Waals surface area (Å²) in [5.41, 5.74) is 6.78. The minimum absolute atomic E-state index is 0.00959. The van der Waals surface area contributed by atoms with Crippen LogP contribution >= 0.6 is 0 Å². The predicted octanol–water partition coefficient (Wildman–Crippen LogP) is 6.39. The van der Waals surface area contributed by atoms with Gasteiger partial charge in [-0.15, -0.1) is 0 Å². The van der Waals surface area contributed by atoms with Crippen LogP contribution in [0.15, 0.2) is 101 Å². The Balaban J connectivity index is 1.15. The highest BCUT2D eigenvalue weighted by Gasteiger charge is 2.17. The van der Waals surface area contributed by atoms with Gasteiger partial charge >= 0.3 is 11.6 Å². The third-order valence-electron chi connectivity index (χ3n) is 6.71. The van der Waals surface area contributed by atoms with Crippen molar-refractivity contribution in [2.24, 2.45) is 5.10 Å². The van der Waals surface area contributed by atoms with Gasteiger partial charge in [0.05, 0.1) is 22.8 Å². The molecule has 0 radical (unpaired) electrons. The third-order valence-corrected chi connectivity index (χ3v) is 6.71. The Bertz CT molecular complexity index is 1860. The second-order valence-corrected chi connectivity index (χ2v) is 9.74. The van der Waals surface area contributed by atoms with E-state index in [1.807, 2.05) is 38.1 Å². The summed E-state index contributed by atoms with van der Waals surface area (Å²) in [7, 11) is 0. The maximum atomic E-state index is 12.5. The molecule has 0 aliphatic heterocycles. The van der Waals surface area contributed by atoms with E-state index in [0.717, 1.165) is 17.1 Å². The van der Waals surface area contributed by atoms with Crippen LogP contribution < -0.4 is 14.9 Å². The lowest BCUT2D eigenvalue weighted by atomic mass is 10.1. The van der Waals surface area contributed by atoms with Crippen molar-refractivity contribution in [3.8, 4) is 23.3 Å². The number of nitro groups is 1. The third kappa shape index (κ3) is 6.83. The summed E-state index contributed by atoms with van der Waals surface area (Å²) in [6.45, 7) is 4.21. The van der Waals surface area contributed by atoms with Gasteiger partial charge in [0.15, 0.2) is 11.5 Å². The number of nitrogens with zero attached hydrogens (tertiary/aromatic N) is 4. The topological polar surface area (TPSA) is 145 Å². The Hall–Kier alpha value is -6.15. The molecule has 5 aromatic rings. The average molecular weight is 590 g/mol. The average Bonchev–Trinajstić information content (AvgIpc) is 3.65. The SMILES string of the molecule is Cc1ccc(C)n1-c1ccc(OCc2ccc(C(=O)N/N=C/c3ccc(OCc4ccccc4C#N)c([N+](=O)[O-])c3)o2)cc1. The van der Waals surface area contributed by atoms with Gasteiger partial charge in [0.25, 0.3) is 0 Å². The number of hydrogen-bond acceptors (Lipinski definition) is 8. The normalized spacial score (nSPS) is 10.8. The number of carbonyl (C=O) groups is 1. The van der Waals surface area contributed by atoms with Crippen LogP contribution in [0.4, 0.5) is 5.69 Å². The smallest absolute Gasteiger partial charge is 0.311 e. The second-order valence-electron chi connectivity index (χ2n) is 9.74. The van der Waals surface area contributed by atoms with E-state index in [1.165, 1.54) is 24.4 Å². The van der Waals surface area contributed by atoms with Crippen LogP contribution in [0.1, 0.15) is 44.4 Å². The summed E-state index contributed by atoms with van der Waals surface area (Å²) >= 11 is 0. The number of hydrazone groups is 1. The highest BCUT2D eigenvalue weighted by Crippen LogP contribution is 2.29. The summed E-state index contributed by atoms with van der Waals surface area (Å²) in [6, 6.07) is 28.1. The van der Waals surface area contributed by atoms with Gasteiger partial charge in [-0.1, -0.05) is 18.2 Å². The molecule has 1 N–H and O–H groups in total. The number of aryl methyl sites for hydroxylation is 2. The van der Waals surface area contributed by atoms with Crippen LogP contribution in [-0.4, -0.2) is 21.6 Å². The fourth-order valence-corrected chi connectivity index (χ4v) is 4.51. The molecule has 0 saturated heterocycles. The number of furan rings is 1. The van der Waals surface area contributed by atoms with Crippen molar-refractivity contribution >= 4 is 17.8 Å². The molecule has 11 nitrogen and oxygen atoms in total. The minimum atomic E-state index is -0.597. The van der Waals surface area contributed by atoms with Crippen LogP contribution in [0.2, 0.25) is 0 Å². The summed E-state index contributed by atoms with van der Waals surface area (Å²) in [6.07, 6.45) is 1.27. The molecular formula is C33H27N5O6. The lowest BCUT2D eigenvalue weighted by Crippen LogP contribution is -2.16. The highest BCUT2D eigenvalue weighted by molar-refractivity contribution is 5.92. The van der Waals surface area contributed by atoms with Crippen LogP contribution in [0.5, 0.6) is 11.5 Å². The summed E-state index contributed by atoms with van der Waals surface area (Å²) < 4.78 is 19.2. The number of rotatable bonds is 11. The van der Waals surface area contributed by atoms with E-state index in [2.05, 4.69) is 33.3 Å². The van der Waals surface area contributed by atoms with Crippen molar-refractivity contribution in [3.05, 3.63) is 141 Å². The molecule has 0 fully saturated rings. The molecule has 0 unspecified atom stereocenters. The van der Waals surface area contributed by atoms with Crippen molar-refractivity contribution in [2.45, 2.75) is 27.1 Å². The molecular weight excluding hydrogens is 562 g/mol. The first-order valence-corrected chi connectivity index (χ1v) is 13.5. The molecule has 11 heteroatoms. The number of benzene rings is 3. The molecule has 2 heterocycles. The van der Waals surface area contributed by atoms with Crippen LogP contribution in [0, 0.1) is 35.3 Å². The fraction of sp³-hybridized carbons (Fsp3) is 0.121. The van der Waals surface area contributed by atoms with Crippen LogP contribution in [0.3, 0.4) is 0 Å².